The van der Waals surface area contributed by atoms with E-state index in [-0.39, 0.29) is 0 Å². The van der Waals surface area contributed by atoms with Gasteiger partial charge in [-0.05, 0) is 38.6 Å². The van der Waals surface area contributed by atoms with Crippen molar-refractivity contribution in [2.45, 2.75) is 58.5 Å². The van der Waals surface area contributed by atoms with E-state index in [9.17, 15) is 0 Å². The Morgan fingerprint density at radius 1 is 1.43 bits per heavy atom. The number of allylic oxidation sites excluding steroid dienone is 1. The van der Waals surface area contributed by atoms with Crippen LogP contribution in [-0.4, -0.2) is 24.0 Å². The lowest BCUT2D eigenvalue weighted by Crippen LogP contribution is -2.52. The third kappa shape index (κ3) is 2.60. The Morgan fingerprint density at radius 2 is 2.07 bits per heavy atom. The molecule has 1 aliphatic rings. The summed E-state index contributed by atoms with van der Waals surface area (Å²) in [5.41, 5.74) is 1.42. The normalized spacial score (nSPS) is 27.8. The zero-order valence-corrected chi connectivity index (χ0v) is 10.2. The van der Waals surface area contributed by atoms with E-state index in [4.69, 9.17) is 0 Å². The van der Waals surface area contributed by atoms with E-state index in [2.05, 4.69) is 39.3 Å². The Bertz CT molecular complexity index is 195. The topological polar surface area (TPSA) is 3.24 Å². The van der Waals surface area contributed by atoms with Crippen molar-refractivity contribution in [3.05, 3.63) is 12.2 Å². The van der Waals surface area contributed by atoms with Crippen LogP contribution in [0.4, 0.5) is 0 Å². The van der Waals surface area contributed by atoms with E-state index in [0.717, 1.165) is 12.1 Å². The van der Waals surface area contributed by atoms with E-state index in [1.165, 1.54) is 31.3 Å². The van der Waals surface area contributed by atoms with Crippen molar-refractivity contribution in [2.75, 3.05) is 7.05 Å². The molecule has 0 N–H and O–H groups in total. The molecular formula is C13H25N. The Kier molecular flexibility index (Phi) is 4.18. The largest absolute Gasteiger partial charge is 0.300 e. The van der Waals surface area contributed by atoms with Gasteiger partial charge in [-0.2, -0.15) is 0 Å². The lowest BCUT2D eigenvalue weighted by atomic mass is 9.86. The molecule has 0 aromatic rings. The summed E-state index contributed by atoms with van der Waals surface area (Å²) in [6, 6.07) is 1.68. The Labute approximate surface area is 89.2 Å². The van der Waals surface area contributed by atoms with E-state index in [1.54, 1.807) is 0 Å². The van der Waals surface area contributed by atoms with Crippen LogP contribution in [0.25, 0.3) is 0 Å². The molecule has 14 heavy (non-hydrogen) atoms. The third-order valence-electron chi connectivity index (χ3n) is 3.78. The predicted octanol–water partition coefficient (Wildman–Crippen LogP) is 3.46. The third-order valence-corrected chi connectivity index (χ3v) is 3.78. The molecule has 1 heteroatoms. The Balaban J connectivity index is 2.19. The molecule has 0 amide bonds. The minimum absolute atomic E-state index is 0.655. The van der Waals surface area contributed by atoms with Gasteiger partial charge in [0, 0.05) is 12.1 Å². The monoisotopic (exact) mass is 195 g/mol. The predicted molar refractivity (Wildman–Crippen MR) is 63.5 cm³/mol. The highest BCUT2D eigenvalue weighted by molar-refractivity contribution is 5.00. The summed E-state index contributed by atoms with van der Waals surface area (Å²) in [4.78, 5) is 2.54. The first-order chi connectivity index (χ1) is 6.56. The van der Waals surface area contributed by atoms with Gasteiger partial charge >= 0.3 is 0 Å². The molecule has 0 radical (unpaired) electrons. The number of nitrogens with zero attached hydrogens (tertiary/aromatic N) is 1. The minimum atomic E-state index is 0.655. The smallest absolute Gasteiger partial charge is 0.0113 e. The molecule has 82 valence electrons. The summed E-state index contributed by atoms with van der Waals surface area (Å²) in [7, 11) is 2.26. The molecule has 1 aliphatic heterocycles. The summed E-state index contributed by atoms with van der Waals surface area (Å²) in [5, 5.41) is 0. The van der Waals surface area contributed by atoms with Crippen LogP contribution in [0.3, 0.4) is 0 Å². The number of hydrogen-bond acceptors (Lipinski definition) is 1. The van der Waals surface area contributed by atoms with E-state index in [1.807, 2.05) is 0 Å². The summed E-state index contributed by atoms with van der Waals surface area (Å²) < 4.78 is 0. The average molecular weight is 195 g/mol. The molecule has 0 saturated carbocycles. The van der Waals surface area contributed by atoms with Gasteiger partial charge in [0.25, 0.3) is 0 Å². The van der Waals surface area contributed by atoms with Crippen molar-refractivity contribution in [1.82, 2.24) is 4.90 Å². The van der Waals surface area contributed by atoms with Gasteiger partial charge in [-0.3, -0.25) is 0 Å². The highest BCUT2D eigenvalue weighted by Crippen LogP contribution is 2.30. The molecule has 1 saturated heterocycles. The SMILES string of the molecule is C=C(CC[C@@H]1CC(CC)N1C)C(C)C. The van der Waals surface area contributed by atoms with Crippen molar-refractivity contribution in [3.8, 4) is 0 Å². The van der Waals surface area contributed by atoms with Crippen LogP contribution < -0.4 is 0 Å². The zero-order chi connectivity index (χ0) is 10.7. The van der Waals surface area contributed by atoms with Gasteiger partial charge in [0.05, 0.1) is 0 Å². The van der Waals surface area contributed by atoms with Crippen molar-refractivity contribution in [2.24, 2.45) is 5.92 Å². The minimum Gasteiger partial charge on any atom is -0.300 e. The van der Waals surface area contributed by atoms with Crippen LogP contribution in [0, 0.1) is 5.92 Å². The molecule has 0 aromatic heterocycles. The standard InChI is InChI=1S/C13H25N/c1-6-12-9-13(14(12)5)8-7-11(4)10(2)3/h10,12-13H,4,6-9H2,1-3,5H3/t12?,13-/m1/s1. The van der Waals surface area contributed by atoms with E-state index < -0.39 is 0 Å². The summed E-state index contributed by atoms with van der Waals surface area (Å²) in [6.45, 7) is 10.9. The summed E-state index contributed by atoms with van der Waals surface area (Å²) in [5.74, 6) is 0.655. The van der Waals surface area contributed by atoms with Crippen LogP contribution >= 0.6 is 0 Å². The zero-order valence-electron chi connectivity index (χ0n) is 10.2. The van der Waals surface area contributed by atoms with Crippen LogP contribution in [0.15, 0.2) is 12.2 Å². The molecule has 0 bridgehead atoms. The lowest BCUT2D eigenvalue weighted by Gasteiger charge is -2.46. The highest BCUT2D eigenvalue weighted by Gasteiger charge is 2.33. The number of likely N-dealkylation sites (tertiary alicyclic amines) is 1. The fraction of sp³-hybridized carbons (Fsp3) is 0.846. The Morgan fingerprint density at radius 3 is 2.50 bits per heavy atom. The molecule has 2 atom stereocenters. The first-order valence-corrected chi connectivity index (χ1v) is 5.95. The average Bonchev–Trinajstić information content (AvgIpc) is 2.15. The van der Waals surface area contributed by atoms with E-state index in [0.29, 0.717) is 5.92 Å². The molecule has 1 unspecified atom stereocenters. The van der Waals surface area contributed by atoms with Crippen molar-refractivity contribution >= 4 is 0 Å². The highest BCUT2D eigenvalue weighted by atomic mass is 15.2. The molecule has 1 rings (SSSR count). The molecule has 0 aliphatic carbocycles. The van der Waals surface area contributed by atoms with E-state index >= 15 is 0 Å². The van der Waals surface area contributed by atoms with Gasteiger partial charge in [-0.15, -0.1) is 0 Å². The van der Waals surface area contributed by atoms with Gasteiger partial charge in [0.2, 0.25) is 0 Å². The van der Waals surface area contributed by atoms with Crippen molar-refractivity contribution in [3.63, 3.8) is 0 Å². The quantitative estimate of drug-likeness (QED) is 0.607. The first-order valence-electron chi connectivity index (χ1n) is 5.95. The maximum Gasteiger partial charge on any atom is 0.0113 e. The molecule has 1 nitrogen and oxygen atoms in total. The molecule has 0 spiro atoms. The van der Waals surface area contributed by atoms with Gasteiger partial charge in [-0.1, -0.05) is 32.9 Å². The second-order valence-corrected chi connectivity index (χ2v) is 4.97. The summed E-state index contributed by atoms with van der Waals surface area (Å²) >= 11 is 0. The molecular weight excluding hydrogens is 170 g/mol. The number of hydrogen-bond donors (Lipinski definition) is 0. The number of rotatable bonds is 5. The fourth-order valence-corrected chi connectivity index (χ4v) is 2.22. The van der Waals surface area contributed by atoms with Crippen LogP contribution in [0.2, 0.25) is 0 Å². The first kappa shape index (κ1) is 11.8. The van der Waals surface area contributed by atoms with Crippen LogP contribution in [0.5, 0.6) is 0 Å². The second kappa shape index (κ2) is 4.97. The maximum atomic E-state index is 4.13. The van der Waals surface area contributed by atoms with Crippen LogP contribution in [0.1, 0.15) is 46.5 Å². The molecule has 1 heterocycles. The van der Waals surface area contributed by atoms with Gasteiger partial charge in [-0.25, -0.2) is 0 Å². The lowest BCUT2D eigenvalue weighted by molar-refractivity contribution is 0.0361. The molecule has 1 fully saturated rings. The van der Waals surface area contributed by atoms with Crippen LogP contribution in [-0.2, 0) is 0 Å². The summed E-state index contributed by atoms with van der Waals surface area (Å²) in [6.07, 6.45) is 5.23. The van der Waals surface area contributed by atoms with Crippen molar-refractivity contribution < 1.29 is 0 Å². The Hall–Kier alpha value is -0.300. The molecule has 0 aromatic carbocycles. The maximum absolute atomic E-state index is 4.13. The fourth-order valence-electron chi connectivity index (χ4n) is 2.22. The van der Waals surface area contributed by atoms with Gasteiger partial charge < -0.3 is 4.90 Å². The van der Waals surface area contributed by atoms with Gasteiger partial charge in [0.1, 0.15) is 0 Å². The second-order valence-electron chi connectivity index (χ2n) is 4.97. The van der Waals surface area contributed by atoms with Crippen molar-refractivity contribution in [1.29, 1.82) is 0 Å². The van der Waals surface area contributed by atoms with Gasteiger partial charge in [0.15, 0.2) is 0 Å².